The number of hydrogen-bond acceptors (Lipinski definition) is 5. The molecule has 1 aliphatic heterocycles. The van der Waals surface area contributed by atoms with Gasteiger partial charge in [0.15, 0.2) is 0 Å². The van der Waals surface area contributed by atoms with Crippen molar-refractivity contribution in [2.75, 3.05) is 13.1 Å². The SMILES string of the molecule is Cc1csc(-c2cc(S(=O)(=O)NCc3ccccc3Cl)cn2CC(=O)N2CCCC2)n1. The monoisotopic (exact) mass is 478 g/mol. The fourth-order valence-corrected chi connectivity index (χ4v) is 5.60. The Morgan fingerprint density at radius 1 is 1.26 bits per heavy atom. The highest BCUT2D eigenvalue weighted by Gasteiger charge is 2.24. The van der Waals surface area contributed by atoms with Crippen molar-refractivity contribution >= 4 is 38.9 Å². The zero-order chi connectivity index (χ0) is 22.0. The lowest BCUT2D eigenvalue weighted by Crippen LogP contribution is -2.31. The number of hydrogen-bond donors (Lipinski definition) is 1. The molecule has 0 radical (unpaired) electrons. The lowest BCUT2D eigenvalue weighted by molar-refractivity contribution is -0.130. The van der Waals surface area contributed by atoms with E-state index < -0.39 is 10.0 Å². The summed E-state index contributed by atoms with van der Waals surface area (Å²) >= 11 is 7.57. The minimum absolute atomic E-state index is 0.0180. The number of amides is 1. The number of aryl methyl sites for hydroxylation is 1. The van der Waals surface area contributed by atoms with Gasteiger partial charge in [-0.25, -0.2) is 18.1 Å². The fraction of sp³-hybridized carbons (Fsp3) is 0.333. The zero-order valence-corrected chi connectivity index (χ0v) is 19.4. The van der Waals surface area contributed by atoms with Gasteiger partial charge in [-0.3, -0.25) is 4.79 Å². The normalized spacial score (nSPS) is 14.3. The van der Waals surface area contributed by atoms with Crippen LogP contribution in [0.2, 0.25) is 5.02 Å². The van der Waals surface area contributed by atoms with Crippen LogP contribution in [0, 0.1) is 6.92 Å². The number of carbonyl (C=O) groups excluding carboxylic acids is 1. The zero-order valence-electron chi connectivity index (χ0n) is 17.0. The predicted molar refractivity (Wildman–Crippen MR) is 122 cm³/mol. The standard InChI is InChI=1S/C21H23ClN4O3S2/c1-15-14-30-21(24-15)19-10-17(12-26(19)13-20(27)25-8-4-5-9-25)31(28,29)23-11-16-6-2-3-7-18(16)22/h2-3,6-7,10,12,14,23H,4-5,8-9,11,13H2,1H3. The predicted octanol–water partition coefficient (Wildman–Crippen LogP) is 3.67. The van der Waals surface area contributed by atoms with Crippen LogP contribution >= 0.6 is 22.9 Å². The van der Waals surface area contributed by atoms with Crippen LogP contribution in [0.15, 0.2) is 46.8 Å². The molecule has 0 atom stereocenters. The molecule has 7 nitrogen and oxygen atoms in total. The number of rotatable bonds is 7. The maximum absolute atomic E-state index is 13.0. The summed E-state index contributed by atoms with van der Waals surface area (Å²) < 4.78 is 30.2. The van der Waals surface area contributed by atoms with Gasteiger partial charge in [-0.05, 0) is 37.5 Å². The summed E-state index contributed by atoms with van der Waals surface area (Å²) in [6.07, 6.45) is 3.51. The Kier molecular flexibility index (Phi) is 6.47. The fourth-order valence-electron chi connectivity index (χ4n) is 3.52. The average molecular weight is 479 g/mol. The molecule has 1 aliphatic rings. The van der Waals surface area contributed by atoms with Gasteiger partial charge in [0.25, 0.3) is 0 Å². The number of nitrogens with zero attached hydrogens (tertiary/aromatic N) is 3. The number of likely N-dealkylation sites (tertiary alicyclic amines) is 1. The first-order valence-corrected chi connectivity index (χ1v) is 12.7. The molecule has 0 bridgehead atoms. The lowest BCUT2D eigenvalue weighted by atomic mass is 10.2. The van der Waals surface area contributed by atoms with Gasteiger partial charge < -0.3 is 9.47 Å². The Morgan fingerprint density at radius 3 is 2.68 bits per heavy atom. The molecule has 4 rings (SSSR count). The molecule has 0 saturated carbocycles. The van der Waals surface area contributed by atoms with Crippen LogP contribution in [0.25, 0.3) is 10.7 Å². The molecular weight excluding hydrogens is 456 g/mol. The van der Waals surface area contributed by atoms with Crippen molar-refractivity contribution in [3.05, 3.63) is 58.2 Å². The first-order chi connectivity index (χ1) is 14.8. The van der Waals surface area contributed by atoms with Crippen molar-refractivity contribution in [1.29, 1.82) is 0 Å². The molecular formula is C21H23ClN4O3S2. The largest absolute Gasteiger partial charge is 0.341 e. The Labute approximate surface area is 190 Å². The van der Waals surface area contributed by atoms with E-state index in [2.05, 4.69) is 9.71 Å². The molecule has 10 heteroatoms. The second-order valence-electron chi connectivity index (χ2n) is 7.49. The third-order valence-corrected chi connectivity index (χ3v) is 7.91. The van der Waals surface area contributed by atoms with Gasteiger partial charge in [0.2, 0.25) is 15.9 Å². The Morgan fingerprint density at radius 2 is 2.00 bits per heavy atom. The van der Waals surface area contributed by atoms with E-state index in [0.29, 0.717) is 21.3 Å². The number of sulfonamides is 1. The smallest absolute Gasteiger partial charge is 0.242 e. The van der Waals surface area contributed by atoms with Crippen LogP contribution in [0.1, 0.15) is 24.1 Å². The maximum Gasteiger partial charge on any atom is 0.242 e. The third kappa shape index (κ3) is 5.01. The van der Waals surface area contributed by atoms with Crippen LogP contribution in [0.5, 0.6) is 0 Å². The molecule has 1 fully saturated rings. The second kappa shape index (κ2) is 9.12. The number of carbonyl (C=O) groups is 1. The molecule has 1 N–H and O–H groups in total. The van der Waals surface area contributed by atoms with E-state index in [1.807, 2.05) is 17.2 Å². The van der Waals surface area contributed by atoms with Crippen molar-refractivity contribution < 1.29 is 13.2 Å². The molecule has 1 aromatic carbocycles. The van der Waals surface area contributed by atoms with Crippen LogP contribution < -0.4 is 4.72 Å². The van der Waals surface area contributed by atoms with E-state index in [0.717, 1.165) is 31.6 Å². The lowest BCUT2D eigenvalue weighted by Gasteiger charge is -2.16. The van der Waals surface area contributed by atoms with E-state index in [4.69, 9.17) is 11.6 Å². The van der Waals surface area contributed by atoms with Crippen molar-refractivity contribution in [1.82, 2.24) is 19.2 Å². The third-order valence-electron chi connectivity index (χ3n) is 5.19. The molecule has 0 unspecified atom stereocenters. The topological polar surface area (TPSA) is 84.3 Å². The molecule has 0 aliphatic carbocycles. The van der Waals surface area contributed by atoms with Crippen molar-refractivity contribution in [2.24, 2.45) is 0 Å². The van der Waals surface area contributed by atoms with Crippen molar-refractivity contribution in [3.8, 4) is 10.7 Å². The van der Waals surface area contributed by atoms with E-state index in [-0.39, 0.29) is 23.9 Å². The summed E-state index contributed by atoms with van der Waals surface area (Å²) in [7, 11) is -3.81. The van der Waals surface area contributed by atoms with Gasteiger partial charge in [0, 0.05) is 41.9 Å². The minimum Gasteiger partial charge on any atom is -0.341 e. The number of halogens is 1. The highest BCUT2D eigenvalue weighted by molar-refractivity contribution is 7.89. The van der Waals surface area contributed by atoms with Crippen molar-refractivity contribution in [2.45, 2.75) is 37.8 Å². The van der Waals surface area contributed by atoms with Crippen LogP contribution in [-0.2, 0) is 27.9 Å². The van der Waals surface area contributed by atoms with Crippen molar-refractivity contribution in [3.63, 3.8) is 0 Å². The summed E-state index contributed by atoms with van der Waals surface area (Å²) in [5.41, 5.74) is 2.15. The number of thiazole rings is 1. The van der Waals surface area contributed by atoms with Gasteiger partial charge in [-0.15, -0.1) is 11.3 Å². The van der Waals surface area contributed by atoms with Gasteiger partial charge in [-0.2, -0.15) is 0 Å². The Bertz CT molecular complexity index is 1200. The van der Waals surface area contributed by atoms with Crippen LogP contribution in [0.3, 0.4) is 0 Å². The molecule has 2 aromatic heterocycles. The number of nitrogens with one attached hydrogen (secondary N) is 1. The number of aromatic nitrogens is 2. The Balaban J connectivity index is 1.61. The highest BCUT2D eigenvalue weighted by atomic mass is 35.5. The minimum atomic E-state index is -3.81. The molecule has 0 spiro atoms. The van der Waals surface area contributed by atoms with Gasteiger partial charge in [0.1, 0.15) is 16.4 Å². The van der Waals surface area contributed by atoms with Crippen LogP contribution in [-0.4, -0.2) is 41.9 Å². The number of benzene rings is 1. The quantitative estimate of drug-likeness (QED) is 0.561. The first kappa shape index (κ1) is 22.0. The summed E-state index contributed by atoms with van der Waals surface area (Å²) in [5.74, 6) is -0.0180. The summed E-state index contributed by atoms with van der Waals surface area (Å²) in [5, 5.41) is 3.08. The maximum atomic E-state index is 13.0. The van der Waals surface area contributed by atoms with Gasteiger partial charge in [-0.1, -0.05) is 29.8 Å². The molecule has 164 valence electrons. The van der Waals surface area contributed by atoms with Gasteiger partial charge >= 0.3 is 0 Å². The molecule has 3 aromatic rings. The van der Waals surface area contributed by atoms with Crippen LogP contribution in [0.4, 0.5) is 0 Å². The van der Waals surface area contributed by atoms with E-state index in [1.165, 1.54) is 17.5 Å². The Hall–Kier alpha value is -2.20. The van der Waals surface area contributed by atoms with E-state index in [9.17, 15) is 13.2 Å². The molecule has 3 heterocycles. The molecule has 1 saturated heterocycles. The average Bonchev–Trinajstić information content (AvgIpc) is 3.48. The molecule has 1 amide bonds. The summed E-state index contributed by atoms with van der Waals surface area (Å²) in [4.78, 5) is 19.1. The first-order valence-electron chi connectivity index (χ1n) is 9.97. The molecule has 31 heavy (non-hydrogen) atoms. The van der Waals surface area contributed by atoms with Gasteiger partial charge in [0.05, 0.1) is 5.69 Å². The van der Waals surface area contributed by atoms with E-state index in [1.54, 1.807) is 34.9 Å². The van der Waals surface area contributed by atoms with E-state index >= 15 is 0 Å². The second-order valence-corrected chi connectivity index (χ2v) is 10.5. The summed E-state index contributed by atoms with van der Waals surface area (Å²) in [6.45, 7) is 3.53. The highest BCUT2D eigenvalue weighted by Crippen LogP contribution is 2.28. The summed E-state index contributed by atoms with van der Waals surface area (Å²) in [6, 6.07) is 8.66.